The van der Waals surface area contributed by atoms with E-state index in [2.05, 4.69) is 9.97 Å². The lowest BCUT2D eigenvalue weighted by molar-refractivity contribution is -0.134. The van der Waals surface area contributed by atoms with Crippen molar-refractivity contribution >= 4 is 5.91 Å². The second kappa shape index (κ2) is 9.35. The summed E-state index contributed by atoms with van der Waals surface area (Å²) in [4.78, 5) is 23.4. The van der Waals surface area contributed by atoms with Crippen LogP contribution in [0.2, 0.25) is 0 Å². The van der Waals surface area contributed by atoms with E-state index < -0.39 is 0 Å². The van der Waals surface area contributed by atoms with Crippen LogP contribution in [0, 0.1) is 0 Å². The number of benzene rings is 1. The van der Waals surface area contributed by atoms with E-state index >= 15 is 0 Å². The summed E-state index contributed by atoms with van der Waals surface area (Å²) < 4.78 is 10.9. The number of methoxy groups -OCH3 is 2. The topological polar surface area (TPSA) is 64.6 Å². The van der Waals surface area contributed by atoms with Crippen LogP contribution in [0.3, 0.4) is 0 Å². The Kier molecular flexibility index (Phi) is 6.63. The molecule has 144 valence electrons. The molecule has 0 N–H and O–H groups in total. The lowest BCUT2D eigenvalue weighted by atomic mass is 10.1. The van der Waals surface area contributed by atoms with Crippen LogP contribution >= 0.6 is 0 Å². The summed E-state index contributed by atoms with van der Waals surface area (Å²) in [5, 5.41) is 0. The van der Waals surface area contributed by atoms with Gasteiger partial charge >= 0.3 is 0 Å². The van der Waals surface area contributed by atoms with Crippen LogP contribution in [0.1, 0.15) is 43.4 Å². The van der Waals surface area contributed by atoms with Gasteiger partial charge in [-0.15, -0.1) is 0 Å². The molecule has 1 heterocycles. The van der Waals surface area contributed by atoms with Crippen LogP contribution in [-0.4, -0.2) is 41.0 Å². The zero-order valence-corrected chi connectivity index (χ0v) is 16.1. The maximum Gasteiger partial charge on any atom is 0.223 e. The van der Waals surface area contributed by atoms with Crippen molar-refractivity contribution in [1.29, 1.82) is 0 Å². The van der Waals surface area contributed by atoms with Crippen molar-refractivity contribution in [2.45, 2.75) is 51.1 Å². The lowest BCUT2D eigenvalue weighted by Crippen LogP contribution is -2.38. The molecule has 0 aliphatic heterocycles. The molecule has 1 amide bonds. The summed E-state index contributed by atoms with van der Waals surface area (Å²) in [6.45, 7) is 0.532. The Morgan fingerprint density at radius 1 is 1.19 bits per heavy atom. The summed E-state index contributed by atoms with van der Waals surface area (Å²) in [7, 11) is 3.30. The van der Waals surface area contributed by atoms with Crippen molar-refractivity contribution in [3.63, 3.8) is 0 Å². The summed E-state index contributed by atoms with van der Waals surface area (Å²) in [5.74, 6) is 1.70. The first-order valence-corrected chi connectivity index (χ1v) is 9.46. The Morgan fingerprint density at radius 3 is 2.67 bits per heavy atom. The van der Waals surface area contributed by atoms with Gasteiger partial charge in [0.05, 0.1) is 19.9 Å². The SMILES string of the molecule is COc1ccc(OC)c(CN(C(=O)CCc2cnccn2)C2CCCC2)c1. The van der Waals surface area contributed by atoms with Crippen molar-refractivity contribution in [2.75, 3.05) is 14.2 Å². The van der Waals surface area contributed by atoms with Crippen LogP contribution in [0.5, 0.6) is 11.5 Å². The molecule has 3 rings (SSSR count). The third-order valence-electron chi connectivity index (χ3n) is 5.13. The molecule has 1 aliphatic rings. The maximum atomic E-state index is 13.1. The largest absolute Gasteiger partial charge is 0.497 e. The molecule has 0 bridgehead atoms. The number of hydrogen-bond acceptors (Lipinski definition) is 5. The number of nitrogens with zero attached hydrogens (tertiary/aromatic N) is 3. The van der Waals surface area contributed by atoms with Gasteiger partial charge in [0.2, 0.25) is 5.91 Å². The highest BCUT2D eigenvalue weighted by atomic mass is 16.5. The molecule has 1 fully saturated rings. The average Bonchev–Trinajstić information content (AvgIpc) is 3.25. The van der Waals surface area contributed by atoms with E-state index in [1.54, 1.807) is 32.8 Å². The number of carbonyl (C=O) groups is 1. The standard InChI is InChI=1S/C21H27N3O3/c1-26-19-8-9-20(27-2)16(13-19)15-24(18-5-3-4-6-18)21(25)10-7-17-14-22-11-12-23-17/h8-9,11-14,18H,3-7,10,15H2,1-2H3. The first-order valence-electron chi connectivity index (χ1n) is 9.46. The molecule has 6 nitrogen and oxygen atoms in total. The van der Waals surface area contributed by atoms with Crippen LogP contribution < -0.4 is 9.47 Å². The van der Waals surface area contributed by atoms with Crippen LogP contribution in [-0.2, 0) is 17.8 Å². The first kappa shape index (κ1) is 19.1. The zero-order valence-electron chi connectivity index (χ0n) is 16.1. The number of hydrogen-bond donors (Lipinski definition) is 0. The third kappa shape index (κ3) is 4.96. The van der Waals surface area contributed by atoms with Gasteiger partial charge in [0.1, 0.15) is 11.5 Å². The number of rotatable bonds is 8. The normalized spacial score (nSPS) is 14.1. The third-order valence-corrected chi connectivity index (χ3v) is 5.13. The number of aryl methyl sites for hydroxylation is 1. The molecule has 0 radical (unpaired) electrons. The average molecular weight is 369 g/mol. The molecule has 6 heteroatoms. The van der Waals surface area contributed by atoms with Crippen molar-refractivity contribution < 1.29 is 14.3 Å². The summed E-state index contributed by atoms with van der Waals surface area (Å²) in [5.41, 5.74) is 1.81. The quantitative estimate of drug-likeness (QED) is 0.714. The molecule has 1 aromatic carbocycles. The molecule has 0 unspecified atom stereocenters. The Balaban J connectivity index is 1.76. The van der Waals surface area contributed by atoms with E-state index in [0.717, 1.165) is 35.6 Å². The highest BCUT2D eigenvalue weighted by molar-refractivity contribution is 5.77. The van der Waals surface area contributed by atoms with Gasteiger partial charge in [0, 0.05) is 43.2 Å². The van der Waals surface area contributed by atoms with Crippen molar-refractivity contribution in [2.24, 2.45) is 0 Å². The predicted molar refractivity (Wildman–Crippen MR) is 103 cm³/mol. The van der Waals surface area contributed by atoms with Crippen LogP contribution in [0.25, 0.3) is 0 Å². The molecule has 0 atom stereocenters. The van der Waals surface area contributed by atoms with E-state index in [9.17, 15) is 4.79 Å². The van der Waals surface area contributed by atoms with Gasteiger partial charge in [-0.1, -0.05) is 12.8 Å². The fourth-order valence-electron chi connectivity index (χ4n) is 3.66. The molecule has 1 saturated carbocycles. The highest BCUT2D eigenvalue weighted by Gasteiger charge is 2.27. The first-order chi connectivity index (χ1) is 13.2. The molecule has 0 saturated heterocycles. The van der Waals surface area contributed by atoms with Gasteiger partial charge in [-0.05, 0) is 37.5 Å². The monoisotopic (exact) mass is 369 g/mol. The minimum atomic E-state index is 0.150. The number of amides is 1. The molecule has 0 spiro atoms. The predicted octanol–water partition coefficient (Wildman–Crippen LogP) is 3.40. The van der Waals surface area contributed by atoms with Crippen LogP contribution in [0.4, 0.5) is 0 Å². The van der Waals surface area contributed by atoms with E-state index in [4.69, 9.17) is 9.47 Å². The Labute approximate surface area is 160 Å². The zero-order chi connectivity index (χ0) is 19.1. The van der Waals surface area contributed by atoms with E-state index in [1.165, 1.54) is 12.8 Å². The second-order valence-corrected chi connectivity index (χ2v) is 6.83. The minimum Gasteiger partial charge on any atom is -0.497 e. The molecule has 1 aliphatic carbocycles. The smallest absolute Gasteiger partial charge is 0.223 e. The van der Waals surface area contributed by atoms with Gasteiger partial charge in [-0.2, -0.15) is 0 Å². The molecule has 2 aromatic rings. The van der Waals surface area contributed by atoms with Gasteiger partial charge in [-0.3, -0.25) is 14.8 Å². The number of carbonyl (C=O) groups excluding carboxylic acids is 1. The Bertz CT molecular complexity index is 746. The number of ether oxygens (including phenoxy) is 2. The number of aromatic nitrogens is 2. The van der Waals surface area contributed by atoms with E-state index in [0.29, 0.717) is 19.4 Å². The van der Waals surface area contributed by atoms with Crippen molar-refractivity contribution in [1.82, 2.24) is 14.9 Å². The van der Waals surface area contributed by atoms with Gasteiger partial charge < -0.3 is 14.4 Å². The van der Waals surface area contributed by atoms with Gasteiger partial charge in [0.25, 0.3) is 0 Å². The van der Waals surface area contributed by atoms with Crippen molar-refractivity contribution in [3.05, 3.63) is 48.0 Å². The molecular formula is C21H27N3O3. The molecular weight excluding hydrogens is 342 g/mol. The summed E-state index contributed by atoms with van der Waals surface area (Å²) >= 11 is 0. The molecule has 1 aromatic heterocycles. The van der Waals surface area contributed by atoms with E-state index in [1.807, 2.05) is 23.1 Å². The Morgan fingerprint density at radius 2 is 2.00 bits per heavy atom. The van der Waals surface area contributed by atoms with E-state index in [-0.39, 0.29) is 11.9 Å². The Hall–Kier alpha value is -2.63. The van der Waals surface area contributed by atoms with Crippen molar-refractivity contribution in [3.8, 4) is 11.5 Å². The van der Waals surface area contributed by atoms with Gasteiger partial charge in [0.15, 0.2) is 0 Å². The fourth-order valence-corrected chi connectivity index (χ4v) is 3.66. The summed E-state index contributed by atoms with van der Waals surface area (Å²) in [6.07, 6.45) is 10.5. The fraction of sp³-hybridized carbons (Fsp3) is 0.476. The highest BCUT2D eigenvalue weighted by Crippen LogP contribution is 2.30. The second-order valence-electron chi connectivity index (χ2n) is 6.83. The summed E-state index contributed by atoms with van der Waals surface area (Å²) in [6, 6.07) is 6.01. The lowest BCUT2D eigenvalue weighted by Gasteiger charge is -2.30. The maximum absolute atomic E-state index is 13.1. The van der Waals surface area contributed by atoms with Crippen LogP contribution in [0.15, 0.2) is 36.8 Å². The van der Waals surface area contributed by atoms with Gasteiger partial charge in [-0.25, -0.2) is 0 Å². The minimum absolute atomic E-state index is 0.150. The molecule has 27 heavy (non-hydrogen) atoms.